The van der Waals surface area contributed by atoms with Crippen LogP contribution >= 0.6 is 15.9 Å². The van der Waals surface area contributed by atoms with E-state index in [4.69, 9.17) is 9.47 Å². The zero-order valence-corrected chi connectivity index (χ0v) is 10.6. The van der Waals surface area contributed by atoms with Crippen molar-refractivity contribution in [3.63, 3.8) is 0 Å². The molecule has 2 rings (SSSR count). The number of benzene rings is 1. The van der Waals surface area contributed by atoms with Crippen LogP contribution < -0.4 is 0 Å². The van der Waals surface area contributed by atoms with Gasteiger partial charge in [-0.1, -0.05) is 22.0 Å². The quantitative estimate of drug-likeness (QED) is 0.822. The van der Waals surface area contributed by atoms with Crippen LogP contribution in [0.3, 0.4) is 0 Å². The topological polar surface area (TPSA) is 18.5 Å². The smallest absolute Gasteiger partial charge is 0.109 e. The van der Waals surface area contributed by atoms with E-state index in [1.807, 2.05) is 0 Å². The lowest BCUT2D eigenvalue weighted by molar-refractivity contribution is -0.0470. The van der Waals surface area contributed by atoms with E-state index in [9.17, 15) is 0 Å². The van der Waals surface area contributed by atoms with Gasteiger partial charge in [-0.2, -0.15) is 0 Å². The summed E-state index contributed by atoms with van der Waals surface area (Å²) in [7, 11) is 3.49. The average molecular weight is 271 g/mol. The number of halogens is 1. The predicted molar refractivity (Wildman–Crippen MR) is 63.0 cm³/mol. The van der Waals surface area contributed by atoms with Crippen molar-refractivity contribution in [2.24, 2.45) is 0 Å². The number of hydrogen-bond donors (Lipinski definition) is 0. The van der Waals surface area contributed by atoms with Crippen LogP contribution in [0.1, 0.15) is 23.7 Å². The third-order valence-electron chi connectivity index (χ3n) is 3.01. The highest BCUT2D eigenvalue weighted by Crippen LogP contribution is 2.35. The van der Waals surface area contributed by atoms with Crippen molar-refractivity contribution in [1.82, 2.24) is 0 Å². The van der Waals surface area contributed by atoms with Crippen molar-refractivity contribution in [3.8, 4) is 0 Å². The van der Waals surface area contributed by atoms with E-state index in [0.29, 0.717) is 0 Å². The Morgan fingerprint density at radius 2 is 2.07 bits per heavy atom. The minimum atomic E-state index is 0.0660. The first-order valence-electron chi connectivity index (χ1n) is 5.10. The van der Waals surface area contributed by atoms with E-state index in [2.05, 4.69) is 34.1 Å². The van der Waals surface area contributed by atoms with Crippen LogP contribution in [0, 0.1) is 0 Å². The molecular formula is C12H15BrO2. The molecule has 2 atom stereocenters. The standard InChI is InChI=1S/C12H15BrO2/c1-14-11-6-4-8-3-5-9(13)7-10(8)12(11)15-2/h3,5,7,11-12H,4,6H2,1-2H3/t11-,12-/m1/s1. The van der Waals surface area contributed by atoms with Crippen molar-refractivity contribution in [2.75, 3.05) is 14.2 Å². The largest absolute Gasteiger partial charge is 0.378 e. The lowest BCUT2D eigenvalue weighted by Crippen LogP contribution is -2.28. The van der Waals surface area contributed by atoms with E-state index < -0.39 is 0 Å². The molecule has 0 saturated heterocycles. The second-order valence-corrected chi connectivity index (χ2v) is 4.73. The zero-order valence-electron chi connectivity index (χ0n) is 9.00. The van der Waals surface area contributed by atoms with E-state index >= 15 is 0 Å². The van der Waals surface area contributed by atoms with Gasteiger partial charge in [0.05, 0.1) is 6.10 Å². The average Bonchev–Trinajstić information content (AvgIpc) is 2.27. The fourth-order valence-corrected chi connectivity index (χ4v) is 2.61. The molecule has 1 aromatic carbocycles. The predicted octanol–water partition coefficient (Wildman–Crippen LogP) is 3.10. The molecular weight excluding hydrogens is 256 g/mol. The number of hydrogen-bond acceptors (Lipinski definition) is 2. The summed E-state index contributed by atoms with van der Waals surface area (Å²) in [5.41, 5.74) is 2.63. The summed E-state index contributed by atoms with van der Waals surface area (Å²) in [6.45, 7) is 0. The lowest BCUT2D eigenvalue weighted by Gasteiger charge is -2.31. The monoisotopic (exact) mass is 270 g/mol. The third-order valence-corrected chi connectivity index (χ3v) is 3.50. The van der Waals surface area contributed by atoms with Gasteiger partial charge in [0.2, 0.25) is 0 Å². The maximum Gasteiger partial charge on any atom is 0.109 e. The van der Waals surface area contributed by atoms with Crippen molar-refractivity contribution in [1.29, 1.82) is 0 Å². The normalized spacial score (nSPS) is 25.0. The highest BCUT2D eigenvalue weighted by atomic mass is 79.9. The molecule has 15 heavy (non-hydrogen) atoms. The number of ether oxygens (including phenoxy) is 2. The van der Waals surface area contributed by atoms with Gasteiger partial charge >= 0.3 is 0 Å². The molecule has 1 aromatic rings. The molecule has 1 aliphatic rings. The summed E-state index contributed by atoms with van der Waals surface area (Å²) in [4.78, 5) is 0. The molecule has 0 fully saturated rings. The van der Waals surface area contributed by atoms with Gasteiger partial charge in [0, 0.05) is 18.7 Å². The van der Waals surface area contributed by atoms with E-state index in [-0.39, 0.29) is 12.2 Å². The van der Waals surface area contributed by atoms with Crippen LogP contribution in [0.4, 0.5) is 0 Å². The molecule has 0 radical (unpaired) electrons. The van der Waals surface area contributed by atoms with Crippen molar-refractivity contribution >= 4 is 15.9 Å². The summed E-state index contributed by atoms with van der Waals surface area (Å²) in [5, 5.41) is 0. The van der Waals surface area contributed by atoms with Crippen molar-refractivity contribution < 1.29 is 9.47 Å². The van der Waals surface area contributed by atoms with Crippen LogP contribution in [0.2, 0.25) is 0 Å². The van der Waals surface area contributed by atoms with Gasteiger partial charge in [-0.3, -0.25) is 0 Å². The maximum atomic E-state index is 5.53. The molecule has 82 valence electrons. The molecule has 0 unspecified atom stereocenters. The Kier molecular flexibility index (Phi) is 3.44. The summed E-state index contributed by atoms with van der Waals surface area (Å²) in [6.07, 6.45) is 2.35. The highest BCUT2D eigenvalue weighted by Gasteiger charge is 2.29. The molecule has 0 saturated carbocycles. The van der Waals surface area contributed by atoms with Crippen LogP contribution in [0.25, 0.3) is 0 Å². The molecule has 0 heterocycles. The Bertz CT molecular complexity index is 351. The van der Waals surface area contributed by atoms with E-state index in [1.54, 1.807) is 14.2 Å². The zero-order chi connectivity index (χ0) is 10.8. The molecule has 3 heteroatoms. The molecule has 0 spiro atoms. The second-order valence-electron chi connectivity index (χ2n) is 3.81. The number of rotatable bonds is 2. The van der Waals surface area contributed by atoms with Crippen LogP contribution in [0.5, 0.6) is 0 Å². The number of methoxy groups -OCH3 is 2. The molecule has 1 aliphatic carbocycles. The molecule has 0 N–H and O–H groups in total. The third kappa shape index (κ3) is 2.10. The van der Waals surface area contributed by atoms with Crippen LogP contribution in [0.15, 0.2) is 22.7 Å². The Hall–Kier alpha value is -0.380. The first-order chi connectivity index (χ1) is 7.26. The minimum absolute atomic E-state index is 0.0660. The Labute approximate surface area is 98.7 Å². The number of fused-ring (bicyclic) bond motifs is 1. The minimum Gasteiger partial charge on any atom is -0.378 e. The van der Waals surface area contributed by atoms with Gasteiger partial charge in [0.15, 0.2) is 0 Å². The van der Waals surface area contributed by atoms with E-state index in [0.717, 1.165) is 17.3 Å². The highest BCUT2D eigenvalue weighted by molar-refractivity contribution is 9.10. The summed E-state index contributed by atoms with van der Waals surface area (Å²) < 4.78 is 12.1. The van der Waals surface area contributed by atoms with Gasteiger partial charge in [-0.25, -0.2) is 0 Å². The second kappa shape index (κ2) is 4.64. The maximum absolute atomic E-state index is 5.53. The first kappa shape index (κ1) is 11.1. The Morgan fingerprint density at radius 1 is 1.27 bits per heavy atom. The van der Waals surface area contributed by atoms with Crippen LogP contribution in [-0.4, -0.2) is 20.3 Å². The summed E-state index contributed by atoms with van der Waals surface area (Å²) in [5.74, 6) is 0. The molecule has 0 aliphatic heterocycles. The van der Waals surface area contributed by atoms with Gasteiger partial charge in [-0.05, 0) is 36.1 Å². The molecule has 0 bridgehead atoms. The van der Waals surface area contributed by atoms with Crippen molar-refractivity contribution in [2.45, 2.75) is 25.0 Å². The van der Waals surface area contributed by atoms with Gasteiger partial charge < -0.3 is 9.47 Å². The van der Waals surface area contributed by atoms with Gasteiger partial charge in [0.25, 0.3) is 0 Å². The van der Waals surface area contributed by atoms with Crippen LogP contribution in [-0.2, 0) is 15.9 Å². The molecule has 0 amide bonds. The van der Waals surface area contributed by atoms with Crippen molar-refractivity contribution in [3.05, 3.63) is 33.8 Å². The fourth-order valence-electron chi connectivity index (χ4n) is 2.23. The van der Waals surface area contributed by atoms with E-state index in [1.165, 1.54) is 11.1 Å². The fraction of sp³-hybridized carbons (Fsp3) is 0.500. The SMILES string of the molecule is CO[C@@H]1c2cc(Br)ccc2CC[C@H]1OC. The lowest BCUT2D eigenvalue weighted by atomic mass is 9.87. The first-order valence-corrected chi connectivity index (χ1v) is 5.89. The van der Waals surface area contributed by atoms with Gasteiger partial charge in [0.1, 0.15) is 6.10 Å². The Balaban J connectivity index is 2.39. The summed E-state index contributed by atoms with van der Waals surface area (Å²) in [6, 6.07) is 6.38. The van der Waals surface area contributed by atoms with Gasteiger partial charge in [-0.15, -0.1) is 0 Å². The molecule has 2 nitrogen and oxygen atoms in total. The number of aryl methyl sites for hydroxylation is 1. The summed E-state index contributed by atoms with van der Waals surface area (Å²) >= 11 is 3.49. The molecule has 0 aromatic heterocycles. The Morgan fingerprint density at radius 3 is 2.73 bits per heavy atom.